The van der Waals surface area contributed by atoms with Crippen molar-refractivity contribution in [3.05, 3.63) is 41.3 Å². The highest BCUT2D eigenvalue weighted by Crippen LogP contribution is 2.36. The first-order chi connectivity index (χ1) is 14.1. The van der Waals surface area contributed by atoms with Gasteiger partial charge in [0.1, 0.15) is 0 Å². The van der Waals surface area contributed by atoms with E-state index in [9.17, 15) is 26.4 Å². The monoisotopic (exact) mass is 477 g/mol. The molecular weight excluding hydrogens is 459 g/mol. The average Bonchev–Trinajstić information content (AvgIpc) is 3.37. The largest absolute Gasteiger partial charge is 0.516 e. The van der Waals surface area contributed by atoms with Gasteiger partial charge in [-0.1, -0.05) is 17.8 Å². The van der Waals surface area contributed by atoms with E-state index >= 15 is 0 Å². The maximum atomic E-state index is 12.5. The van der Waals surface area contributed by atoms with Crippen LogP contribution < -0.4 is 15.4 Å². The smallest absolute Gasteiger partial charge is 0.347 e. The van der Waals surface area contributed by atoms with E-state index in [-0.39, 0.29) is 17.6 Å². The van der Waals surface area contributed by atoms with Gasteiger partial charge >= 0.3 is 15.5 Å². The minimum Gasteiger partial charge on any atom is -0.347 e. The van der Waals surface area contributed by atoms with Crippen molar-refractivity contribution in [2.45, 2.75) is 52.0 Å². The van der Waals surface area contributed by atoms with Crippen molar-refractivity contribution < 1.29 is 26.4 Å². The molecule has 2 aliphatic rings. The molecule has 4 rings (SSSR count). The number of carbonyl (C=O) groups excluding carboxylic acids is 1. The molecule has 2 fully saturated rings. The Bertz CT molecular complexity index is 1060. The van der Waals surface area contributed by atoms with Crippen molar-refractivity contribution in [1.82, 2.24) is 10.6 Å². The average molecular weight is 478 g/mol. The number of hydrogen-bond acceptors (Lipinski definition) is 6. The van der Waals surface area contributed by atoms with Crippen LogP contribution in [0.4, 0.5) is 18.9 Å². The second-order valence-electron chi connectivity index (χ2n) is 7.16. The lowest BCUT2D eigenvalue weighted by molar-refractivity contribution is -0.0429. The van der Waals surface area contributed by atoms with Crippen LogP contribution in [-0.2, 0) is 10.0 Å². The summed E-state index contributed by atoms with van der Waals surface area (Å²) in [6.45, 7) is 0. The highest BCUT2D eigenvalue weighted by molar-refractivity contribution is 8.01. The fourth-order valence-corrected chi connectivity index (χ4v) is 6.29. The number of rotatable bonds is 6. The lowest BCUT2D eigenvalue weighted by atomic mass is 9.95. The van der Waals surface area contributed by atoms with Crippen LogP contribution in [0.5, 0.6) is 0 Å². The van der Waals surface area contributed by atoms with Crippen LogP contribution in [0, 0.1) is 0 Å². The van der Waals surface area contributed by atoms with Gasteiger partial charge < -0.3 is 10.6 Å². The first-order valence-corrected chi connectivity index (χ1v) is 12.3. The van der Waals surface area contributed by atoms with Gasteiger partial charge in [-0.2, -0.15) is 21.6 Å². The van der Waals surface area contributed by atoms with Crippen LogP contribution in [0.25, 0.3) is 0 Å². The number of halogens is 3. The number of anilines is 1. The molecule has 1 amide bonds. The molecule has 3 heterocycles. The van der Waals surface area contributed by atoms with E-state index in [1.165, 1.54) is 46.0 Å². The number of nitrogens with one attached hydrogen (secondary N) is 3. The van der Waals surface area contributed by atoms with Crippen molar-refractivity contribution in [3.63, 3.8) is 0 Å². The maximum Gasteiger partial charge on any atom is 0.516 e. The summed E-state index contributed by atoms with van der Waals surface area (Å²) in [6, 6.07) is 10.1. The van der Waals surface area contributed by atoms with Gasteiger partial charge in [0, 0.05) is 28.7 Å². The van der Waals surface area contributed by atoms with Crippen LogP contribution in [0.3, 0.4) is 0 Å². The molecule has 2 aliphatic heterocycles. The Morgan fingerprint density at radius 2 is 2.00 bits per heavy atom. The van der Waals surface area contributed by atoms with Crippen molar-refractivity contribution in [2.75, 3.05) is 4.72 Å². The molecular formula is C18H18F3N3O3S3. The Labute approximate surface area is 179 Å². The van der Waals surface area contributed by atoms with E-state index in [1.54, 1.807) is 18.2 Å². The molecule has 0 aliphatic carbocycles. The van der Waals surface area contributed by atoms with Gasteiger partial charge in [0.15, 0.2) is 0 Å². The summed E-state index contributed by atoms with van der Waals surface area (Å²) >= 11 is 2.51. The summed E-state index contributed by atoms with van der Waals surface area (Å²) < 4.78 is 62.5. The highest BCUT2D eigenvalue weighted by atomic mass is 32.2. The fourth-order valence-electron chi connectivity index (χ4n) is 3.67. The van der Waals surface area contributed by atoms with E-state index in [0.717, 1.165) is 23.5 Å². The van der Waals surface area contributed by atoms with E-state index < -0.39 is 15.5 Å². The third-order valence-electron chi connectivity index (χ3n) is 5.03. The molecule has 0 spiro atoms. The Kier molecular flexibility index (Phi) is 5.77. The lowest BCUT2D eigenvalue weighted by Gasteiger charge is -2.20. The molecule has 2 saturated heterocycles. The molecule has 30 heavy (non-hydrogen) atoms. The molecule has 1 aromatic carbocycles. The van der Waals surface area contributed by atoms with Crippen molar-refractivity contribution in [2.24, 2.45) is 0 Å². The second-order valence-corrected chi connectivity index (χ2v) is 11.3. The minimum absolute atomic E-state index is 0.132. The molecule has 1 aromatic heterocycles. The van der Waals surface area contributed by atoms with Crippen LogP contribution in [0.2, 0.25) is 0 Å². The third-order valence-corrected chi connectivity index (χ3v) is 8.35. The van der Waals surface area contributed by atoms with Gasteiger partial charge in [-0.25, -0.2) is 0 Å². The molecule has 3 N–H and O–H groups in total. The van der Waals surface area contributed by atoms with Gasteiger partial charge in [-0.15, -0.1) is 11.3 Å². The zero-order valence-corrected chi connectivity index (χ0v) is 17.9. The number of carbonyl (C=O) groups is 1. The van der Waals surface area contributed by atoms with Crippen molar-refractivity contribution in [3.8, 4) is 0 Å². The molecule has 2 aromatic rings. The van der Waals surface area contributed by atoms with E-state index in [1.807, 2.05) is 0 Å². The fraction of sp³-hybridized carbons (Fsp3) is 0.389. The lowest BCUT2D eigenvalue weighted by Crippen LogP contribution is -2.42. The van der Waals surface area contributed by atoms with Gasteiger partial charge in [-0.05, 0) is 49.6 Å². The summed E-state index contributed by atoms with van der Waals surface area (Å²) in [7, 11) is -5.48. The summed E-state index contributed by atoms with van der Waals surface area (Å²) in [5.41, 5.74) is -5.57. The molecule has 0 saturated carbocycles. The Hall–Kier alpha value is -1.76. The van der Waals surface area contributed by atoms with Crippen molar-refractivity contribution in [1.29, 1.82) is 0 Å². The van der Waals surface area contributed by atoms with E-state index in [0.29, 0.717) is 21.9 Å². The first kappa shape index (κ1) is 21.5. The van der Waals surface area contributed by atoms with E-state index in [2.05, 4.69) is 10.6 Å². The molecule has 2 bridgehead atoms. The van der Waals surface area contributed by atoms with Gasteiger partial charge in [0.25, 0.3) is 5.91 Å². The summed E-state index contributed by atoms with van der Waals surface area (Å²) in [5, 5.41) is 6.54. The molecule has 162 valence electrons. The van der Waals surface area contributed by atoms with Gasteiger partial charge in [0.2, 0.25) is 0 Å². The second kappa shape index (κ2) is 8.06. The predicted molar refractivity (Wildman–Crippen MR) is 109 cm³/mol. The topological polar surface area (TPSA) is 87.3 Å². The number of hydrogen-bond donors (Lipinski definition) is 3. The normalized spacial score (nSPS) is 23.5. The van der Waals surface area contributed by atoms with Crippen LogP contribution in [0.15, 0.2) is 45.5 Å². The standard InChI is InChI=1S/C18H18F3N3O3S3/c19-18(20,21)30(26,27)24-11-2-1-3-12(8-11)28-16-7-6-15(29-16)17(25)23-14-9-10-4-5-13(14)22-10/h1-3,6-8,10,13-14,22,24H,4-5,9H2,(H,23,25)/t10-,13+,14-/m1/s1. The number of amides is 1. The third kappa shape index (κ3) is 4.61. The summed E-state index contributed by atoms with van der Waals surface area (Å²) in [4.78, 5) is 13.6. The number of sulfonamides is 1. The molecule has 0 unspecified atom stereocenters. The van der Waals surface area contributed by atoms with Crippen LogP contribution in [0.1, 0.15) is 28.9 Å². The number of fused-ring (bicyclic) bond motifs is 2. The quantitative estimate of drug-likeness (QED) is 0.590. The Morgan fingerprint density at radius 1 is 1.20 bits per heavy atom. The molecule has 0 radical (unpaired) electrons. The van der Waals surface area contributed by atoms with Crippen molar-refractivity contribution >= 4 is 44.7 Å². The van der Waals surface area contributed by atoms with Crippen LogP contribution in [-0.4, -0.2) is 38.0 Å². The number of benzene rings is 1. The number of thiophene rings is 1. The van der Waals surface area contributed by atoms with Gasteiger partial charge in [0.05, 0.1) is 9.09 Å². The van der Waals surface area contributed by atoms with Crippen LogP contribution >= 0.6 is 23.1 Å². The molecule has 6 nitrogen and oxygen atoms in total. The van der Waals surface area contributed by atoms with Gasteiger partial charge in [-0.3, -0.25) is 9.52 Å². The molecule has 3 atom stereocenters. The zero-order chi connectivity index (χ0) is 21.5. The first-order valence-electron chi connectivity index (χ1n) is 9.14. The molecule has 12 heteroatoms. The SMILES string of the molecule is O=C(N[C@@H]1C[C@H]2CC[C@@H]1N2)c1ccc(Sc2cccc(NS(=O)(=O)C(F)(F)F)c2)s1. The summed E-state index contributed by atoms with van der Waals surface area (Å²) in [6.07, 6.45) is 3.15. The minimum atomic E-state index is -5.48. The Balaban J connectivity index is 1.39. The number of alkyl halides is 3. The summed E-state index contributed by atoms with van der Waals surface area (Å²) in [5.74, 6) is -0.141. The Morgan fingerprint density at radius 3 is 2.67 bits per heavy atom. The maximum absolute atomic E-state index is 12.5. The zero-order valence-electron chi connectivity index (χ0n) is 15.4. The highest BCUT2D eigenvalue weighted by Gasteiger charge is 2.46. The predicted octanol–water partition coefficient (Wildman–Crippen LogP) is 3.78. The van der Waals surface area contributed by atoms with E-state index in [4.69, 9.17) is 0 Å².